The van der Waals surface area contributed by atoms with Crippen molar-refractivity contribution in [2.45, 2.75) is 50.2 Å². The number of pyridine rings is 1. The summed E-state index contributed by atoms with van der Waals surface area (Å²) >= 11 is 0. The van der Waals surface area contributed by atoms with Crippen molar-refractivity contribution in [1.82, 2.24) is 4.98 Å². The van der Waals surface area contributed by atoms with Crippen LogP contribution in [-0.4, -0.2) is 11.7 Å². The third kappa shape index (κ3) is 1.98. The SMILES string of the molecule is c1ccc2ncc(B3C4CCCC3CCC4)cc2c1. The van der Waals surface area contributed by atoms with Gasteiger partial charge in [-0.25, -0.2) is 0 Å². The zero-order valence-electron chi connectivity index (χ0n) is 11.4. The molecule has 2 heteroatoms. The van der Waals surface area contributed by atoms with Crippen LogP contribution in [0.1, 0.15) is 38.5 Å². The van der Waals surface area contributed by atoms with Gasteiger partial charge in [-0.2, -0.15) is 0 Å². The van der Waals surface area contributed by atoms with Crippen LogP contribution in [0, 0.1) is 0 Å². The monoisotopic (exact) mass is 249 g/mol. The molecule has 0 aliphatic carbocycles. The number of para-hydroxylation sites is 1. The van der Waals surface area contributed by atoms with E-state index in [4.69, 9.17) is 0 Å². The van der Waals surface area contributed by atoms with Gasteiger partial charge in [-0.05, 0) is 11.5 Å². The Kier molecular flexibility index (Phi) is 2.83. The average molecular weight is 249 g/mol. The van der Waals surface area contributed by atoms with Crippen molar-refractivity contribution < 1.29 is 0 Å². The lowest BCUT2D eigenvalue weighted by Crippen LogP contribution is -2.44. The summed E-state index contributed by atoms with van der Waals surface area (Å²) in [5.74, 6) is 1.85. The van der Waals surface area contributed by atoms with Gasteiger partial charge in [-0.1, -0.05) is 79.9 Å². The highest BCUT2D eigenvalue weighted by molar-refractivity contribution is 6.76. The average Bonchev–Trinajstić information content (AvgIpc) is 2.46. The van der Waals surface area contributed by atoms with Gasteiger partial charge < -0.3 is 0 Å². The van der Waals surface area contributed by atoms with Gasteiger partial charge in [0.05, 0.1) is 5.52 Å². The van der Waals surface area contributed by atoms with Crippen LogP contribution in [0.5, 0.6) is 0 Å². The Labute approximate surface area is 115 Å². The van der Waals surface area contributed by atoms with E-state index in [2.05, 4.69) is 41.5 Å². The standard InChI is InChI=1S/C17H20BN/c1-2-10-17-13(5-1)11-16(12-19-17)18-14-6-3-7-15(18)9-4-8-14/h1-2,5,10-12,14-15H,3-4,6-9H2. The smallest absolute Gasteiger partial charge is 0.184 e. The van der Waals surface area contributed by atoms with E-state index in [-0.39, 0.29) is 0 Å². The van der Waals surface area contributed by atoms with Crippen LogP contribution in [0.25, 0.3) is 10.9 Å². The number of fused-ring (bicyclic) bond motifs is 3. The highest BCUT2D eigenvalue weighted by Crippen LogP contribution is 2.46. The highest BCUT2D eigenvalue weighted by Gasteiger charge is 2.40. The molecule has 2 aliphatic heterocycles. The zero-order chi connectivity index (χ0) is 12.7. The van der Waals surface area contributed by atoms with Crippen LogP contribution in [0.2, 0.25) is 11.6 Å². The van der Waals surface area contributed by atoms with Crippen molar-refractivity contribution in [3.8, 4) is 0 Å². The molecular weight excluding hydrogens is 229 g/mol. The maximum atomic E-state index is 4.68. The van der Waals surface area contributed by atoms with Crippen molar-refractivity contribution in [1.29, 1.82) is 0 Å². The lowest BCUT2D eigenvalue weighted by molar-refractivity contribution is 0.448. The van der Waals surface area contributed by atoms with Crippen molar-refractivity contribution in [3.63, 3.8) is 0 Å². The minimum atomic E-state index is 0.791. The molecule has 2 aliphatic rings. The fraction of sp³-hybridized carbons (Fsp3) is 0.471. The predicted molar refractivity (Wildman–Crippen MR) is 82.3 cm³/mol. The Morgan fingerprint density at radius 2 is 1.63 bits per heavy atom. The first-order chi connectivity index (χ1) is 9.42. The number of rotatable bonds is 1. The summed E-state index contributed by atoms with van der Waals surface area (Å²) in [6.45, 7) is 0.791. The predicted octanol–water partition coefficient (Wildman–Crippen LogP) is 4.04. The molecule has 4 rings (SSSR count). The van der Waals surface area contributed by atoms with Crippen LogP contribution in [-0.2, 0) is 0 Å². The molecule has 3 heterocycles. The van der Waals surface area contributed by atoms with Gasteiger partial charge in [0, 0.05) is 6.20 Å². The van der Waals surface area contributed by atoms with E-state index in [1.165, 1.54) is 49.4 Å². The van der Waals surface area contributed by atoms with Crippen LogP contribution < -0.4 is 5.46 Å². The molecule has 2 aromatic rings. The van der Waals surface area contributed by atoms with Crippen LogP contribution >= 0.6 is 0 Å². The van der Waals surface area contributed by atoms with Gasteiger partial charge >= 0.3 is 0 Å². The second-order valence-electron chi connectivity index (χ2n) is 6.37. The molecule has 0 spiro atoms. The van der Waals surface area contributed by atoms with Gasteiger partial charge in [0.1, 0.15) is 0 Å². The number of hydrogen-bond acceptors (Lipinski definition) is 1. The lowest BCUT2D eigenvalue weighted by atomic mass is 9.25. The fourth-order valence-corrected chi connectivity index (χ4v) is 4.49. The van der Waals surface area contributed by atoms with Gasteiger partial charge in [0.15, 0.2) is 6.71 Å². The quantitative estimate of drug-likeness (QED) is 0.695. The Bertz CT molecular complexity index is 573. The molecule has 2 fully saturated rings. The van der Waals surface area contributed by atoms with E-state index in [9.17, 15) is 0 Å². The summed E-state index contributed by atoms with van der Waals surface area (Å²) < 4.78 is 0. The molecule has 1 aromatic carbocycles. The largest absolute Gasteiger partial charge is 0.257 e. The molecule has 0 radical (unpaired) electrons. The maximum absolute atomic E-state index is 4.68. The first-order valence-corrected chi connectivity index (χ1v) is 7.76. The number of benzene rings is 1. The lowest BCUT2D eigenvalue weighted by Gasteiger charge is -2.40. The molecule has 1 nitrogen and oxygen atoms in total. The molecule has 0 N–H and O–H groups in total. The van der Waals surface area contributed by atoms with Crippen LogP contribution in [0.4, 0.5) is 0 Å². The summed E-state index contributed by atoms with van der Waals surface area (Å²) in [4.78, 5) is 4.68. The third-order valence-electron chi connectivity index (χ3n) is 5.31. The van der Waals surface area contributed by atoms with E-state index < -0.39 is 0 Å². The molecule has 0 amide bonds. The second-order valence-corrected chi connectivity index (χ2v) is 6.37. The summed E-state index contributed by atoms with van der Waals surface area (Å²) in [5.41, 5.74) is 2.64. The van der Waals surface area contributed by atoms with E-state index in [1.54, 1.807) is 0 Å². The molecule has 0 unspecified atom stereocenters. The summed E-state index contributed by atoms with van der Waals surface area (Å²) in [5, 5.41) is 1.31. The zero-order valence-corrected chi connectivity index (χ0v) is 11.4. The Balaban J connectivity index is 1.76. The molecule has 96 valence electrons. The third-order valence-corrected chi connectivity index (χ3v) is 5.31. The fourth-order valence-electron chi connectivity index (χ4n) is 4.49. The number of nitrogens with zero attached hydrogens (tertiary/aromatic N) is 1. The molecule has 1 aromatic heterocycles. The van der Waals surface area contributed by atoms with E-state index in [0.29, 0.717) is 0 Å². The number of aromatic nitrogens is 1. The first kappa shape index (κ1) is 11.5. The molecule has 2 bridgehead atoms. The normalized spacial score (nSPS) is 26.6. The van der Waals surface area contributed by atoms with Crippen molar-refractivity contribution in [3.05, 3.63) is 36.5 Å². The van der Waals surface area contributed by atoms with Crippen LogP contribution in [0.3, 0.4) is 0 Å². The van der Waals surface area contributed by atoms with Gasteiger partial charge in [0.25, 0.3) is 0 Å². The van der Waals surface area contributed by atoms with Crippen molar-refractivity contribution >= 4 is 23.1 Å². The Morgan fingerprint density at radius 1 is 0.947 bits per heavy atom. The molecule has 0 saturated carbocycles. The van der Waals surface area contributed by atoms with E-state index in [1.807, 2.05) is 0 Å². The Morgan fingerprint density at radius 3 is 2.37 bits per heavy atom. The molecule has 19 heavy (non-hydrogen) atoms. The molecule has 0 atom stereocenters. The molecular formula is C17H20BN. The first-order valence-electron chi connectivity index (χ1n) is 7.76. The second kappa shape index (κ2) is 4.66. The minimum absolute atomic E-state index is 0.791. The maximum Gasteiger partial charge on any atom is 0.184 e. The van der Waals surface area contributed by atoms with Crippen molar-refractivity contribution in [2.75, 3.05) is 0 Å². The molecule has 2 saturated heterocycles. The van der Waals surface area contributed by atoms with Crippen molar-refractivity contribution in [2.24, 2.45) is 0 Å². The summed E-state index contributed by atoms with van der Waals surface area (Å²) in [7, 11) is 0. The summed E-state index contributed by atoms with van der Waals surface area (Å²) in [6, 6.07) is 10.9. The topological polar surface area (TPSA) is 12.9 Å². The summed E-state index contributed by atoms with van der Waals surface area (Å²) in [6.07, 6.45) is 10.8. The van der Waals surface area contributed by atoms with Crippen LogP contribution in [0.15, 0.2) is 36.5 Å². The van der Waals surface area contributed by atoms with Gasteiger partial charge in [-0.15, -0.1) is 0 Å². The minimum Gasteiger partial charge on any atom is -0.257 e. The van der Waals surface area contributed by atoms with E-state index >= 15 is 0 Å². The number of hydrogen-bond donors (Lipinski definition) is 0. The Hall–Kier alpha value is -1.31. The van der Waals surface area contributed by atoms with Gasteiger partial charge in [0.2, 0.25) is 0 Å². The van der Waals surface area contributed by atoms with Gasteiger partial charge in [-0.3, -0.25) is 4.98 Å². The highest BCUT2D eigenvalue weighted by atomic mass is 14.6. The van der Waals surface area contributed by atoms with E-state index in [0.717, 1.165) is 23.9 Å².